The molecule has 0 amide bonds. The number of nitrogens with zero attached hydrogens (tertiary/aromatic N) is 3. The molecule has 0 unspecified atom stereocenters. The van der Waals surface area contributed by atoms with Crippen LogP contribution in [0.3, 0.4) is 0 Å². The van der Waals surface area contributed by atoms with Crippen LogP contribution in [0.5, 0.6) is 0 Å². The summed E-state index contributed by atoms with van der Waals surface area (Å²) in [5.74, 6) is 1.80. The van der Waals surface area contributed by atoms with Gasteiger partial charge >= 0.3 is 0 Å². The quantitative estimate of drug-likeness (QED) is 0.186. The van der Waals surface area contributed by atoms with Crippen molar-refractivity contribution in [3.8, 4) is 56.4 Å². The molecule has 2 aromatic heterocycles. The van der Waals surface area contributed by atoms with Gasteiger partial charge in [-0.2, -0.15) is 0 Å². The van der Waals surface area contributed by atoms with E-state index in [0.717, 1.165) is 62.6 Å². The second-order valence-electron chi connectivity index (χ2n) is 13.8. The lowest BCUT2D eigenvalue weighted by Crippen LogP contribution is -2.06. The molecule has 10 aromatic rings. The lowest BCUT2D eigenvalue weighted by molar-refractivity contribution is 0.669. The third-order valence-corrected chi connectivity index (χ3v) is 10.7. The first-order chi connectivity index (χ1) is 26.2. The van der Waals surface area contributed by atoms with E-state index in [4.69, 9.17) is 19.4 Å². The second kappa shape index (κ2) is 11.7. The maximum atomic E-state index is 6.53. The number of furan rings is 1. The molecule has 11 rings (SSSR count). The Bertz CT molecular complexity index is 3070. The number of hydrogen-bond acceptors (Lipinski definition) is 4. The topological polar surface area (TPSA) is 51.8 Å². The average molecular weight is 676 g/mol. The van der Waals surface area contributed by atoms with Crippen LogP contribution in [0, 0.1) is 12.1 Å². The zero-order valence-corrected chi connectivity index (χ0v) is 28.6. The van der Waals surface area contributed by atoms with E-state index in [1.807, 2.05) is 36.4 Å². The van der Waals surface area contributed by atoms with E-state index in [-0.39, 0.29) is 0 Å². The molecule has 1 aliphatic carbocycles. The van der Waals surface area contributed by atoms with Crippen LogP contribution in [-0.4, -0.2) is 15.0 Å². The van der Waals surface area contributed by atoms with E-state index in [0.29, 0.717) is 17.5 Å². The highest BCUT2D eigenvalue weighted by molar-refractivity contribution is 6.13. The van der Waals surface area contributed by atoms with Crippen molar-refractivity contribution in [1.82, 2.24) is 15.0 Å². The Morgan fingerprint density at radius 2 is 1.19 bits per heavy atom. The van der Waals surface area contributed by atoms with Crippen molar-refractivity contribution in [1.29, 1.82) is 0 Å². The first-order valence-electron chi connectivity index (χ1n) is 18.0. The lowest BCUT2D eigenvalue weighted by Gasteiger charge is -2.22. The maximum absolute atomic E-state index is 6.53. The van der Waals surface area contributed by atoms with Gasteiger partial charge < -0.3 is 4.42 Å². The normalized spacial score (nSPS) is 12.2. The lowest BCUT2D eigenvalue weighted by atomic mass is 9.82. The number of benzene rings is 7. The van der Waals surface area contributed by atoms with Gasteiger partial charge in [-0.3, -0.25) is 0 Å². The molecule has 4 nitrogen and oxygen atoms in total. The van der Waals surface area contributed by atoms with Gasteiger partial charge in [0.15, 0.2) is 17.5 Å². The second-order valence-corrected chi connectivity index (χ2v) is 13.8. The Morgan fingerprint density at radius 3 is 2.08 bits per heavy atom. The highest BCUT2D eigenvalue weighted by Crippen LogP contribution is 2.42. The van der Waals surface area contributed by atoms with E-state index in [1.165, 1.54) is 43.8 Å². The molecule has 0 spiro atoms. The molecule has 0 bridgehead atoms. The van der Waals surface area contributed by atoms with Gasteiger partial charge in [-0.25, -0.2) is 15.0 Å². The van der Waals surface area contributed by atoms with Gasteiger partial charge in [-0.1, -0.05) is 115 Å². The number of hydrogen-bond donors (Lipinski definition) is 0. The monoisotopic (exact) mass is 675 g/mol. The van der Waals surface area contributed by atoms with Gasteiger partial charge in [0.25, 0.3) is 0 Å². The molecule has 4 heteroatoms. The Labute approximate surface area is 306 Å². The minimum absolute atomic E-state index is 0.585. The first kappa shape index (κ1) is 29.6. The maximum Gasteiger partial charge on any atom is 0.164 e. The van der Waals surface area contributed by atoms with Gasteiger partial charge in [0.2, 0.25) is 0 Å². The fraction of sp³-hybridized carbons (Fsp3) is 0.0408. The van der Waals surface area contributed by atoms with Crippen LogP contribution in [0.1, 0.15) is 11.1 Å². The molecule has 2 heterocycles. The predicted molar refractivity (Wildman–Crippen MR) is 214 cm³/mol. The first-order valence-corrected chi connectivity index (χ1v) is 18.0. The Balaban J connectivity index is 1.12. The Morgan fingerprint density at radius 1 is 0.453 bits per heavy atom. The molecule has 0 N–H and O–H groups in total. The number of aromatic nitrogens is 3. The molecule has 246 valence electrons. The van der Waals surface area contributed by atoms with Gasteiger partial charge in [-0.05, 0) is 116 Å². The third kappa shape index (κ3) is 4.90. The highest BCUT2D eigenvalue weighted by Gasteiger charge is 2.22. The number of para-hydroxylation sites is 1. The fourth-order valence-corrected chi connectivity index (χ4v) is 8.13. The molecule has 0 saturated carbocycles. The van der Waals surface area contributed by atoms with E-state index >= 15 is 0 Å². The number of fused-ring (bicyclic) bond motifs is 9. The standard InChI is InChI=1S/C49H29N3O/c1-2-12-32(13-3-1)47-50-48(36-22-23-39-35(27-36)21-25-40-38-15-7-6-11-31(38)20-24-41(39)40)52-49(51-47)43-28-37(34-19-18-30-10-4-5-14-33(30)26-34)29-45-46(43)42-16-8-9-17-44(42)53-45/h2,4-20,22-24,26-29H,21,25H2. The zero-order valence-electron chi connectivity index (χ0n) is 28.6. The summed E-state index contributed by atoms with van der Waals surface area (Å²) in [6.45, 7) is 0. The molecular weight excluding hydrogens is 647 g/mol. The van der Waals surface area contributed by atoms with Crippen LogP contribution in [0.2, 0.25) is 0 Å². The smallest absolute Gasteiger partial charge is 0.164 e. The van der Waals surface area contributed by atoms with E-state index in [2.05, 4.69) is 127 Å². The van der Waals surface area contributed by atoms with Crippen molar-refractivity contribution < 1.29 is 4.42 Å². The van der Waals surface area contributed by atoms with Crippen LogP contribution in [0.15, 0.2) is 156 Å². The summed E-state index contributed by atoms with van der Waals surface area (Å²) in [5.41, 5.74) is 11.8. The molecule has 0 radical (unpaired) electrons. The molecule has 0 atom stereocenters. The van der Waals surface area contributed by atoms with Crippen LogP contribution in [0.4, 0.5) is 0 Å². The summed E-state index contributed by atoms with van der Waals surface area (Å²) in [6, 6.07) is 59.2. The Hall–Kier alpha value is -7.09. The molecule has 0 fully saturated rings. The number of aryl methyl sites for hydroxylation is 2. The molecule has 8 aromatic carbocycles. The summed E-state index contributed by atoms with van der Waals surface area (Å²) in [7, 11) is 0. The zero-order chi connectivity index (χ0) is 34.9. The predicted octanol–water partition coefficient (Wildman–Crippen LogP) is 12.1. The van der Waals surface area contributed by atoms with Crippen molar-refractivity contribution >= 4 is 43.5 Å². The SMILES string of the molecule is c1ccc(-c2nc(-c3ccc4c(c3)CCc3c-4ccc4ccccc34)nc(-c3cc(-c4ccc5ccccc5c4)cc4oc5ccccc5c34)n2)cc#1. The van der Waals surface area contributed by atoms with E-state index in [9.17, 15) is 0 Å². The van der Waals surface area contributed by atoms with Gasteiger partial charge in [0.1, 0.15) is 11.2 Å². The molecule has 1 aliphatic rings. The third-order valence-electron chi connectivity index (χ3n) is 10.7. The van der Waals surface area contributed by atoms with Crippen LogP contribution in [0.25, 0.3) is 99.9 Å². The van der Waals surface area contributed by atoms with Gasteiger partial charge in [0, 0.05) is 27.5 Å². The van der Waals surface area contributed by atoms with Crippen molar-refractivity contribution in [3.05, 3.63) is 175 Å². The summed E-state index contributed by atoms with van der Waals surface area (Å²) in [4.78, 5) is 15.5. The van der Waals surface area contributed by atoms with Crippen molar-refractivity contribution in [3.63, 3.8) is 0 Å². The summed E-state index contributed by atoms with van der Waals surface area (Å²) >= 11 is 0. The fourth-order valence-electron chi connectivity index (χ4n) is 8.13. The van der Waals surface area contributed by atoms with E-state index < -0.39 is 0 Å². The summed E-state index contributed by atoms with van der Waals surface area (Å²) < 4.78 is 6.53. The largest absolute Gasteiger partial charge is 0.456 e. The van der Waals surface area contributed by atoms with Crippen molar-refractivity contribution in [2.45, 2.75) is 12.8 Å². The number of rotatable bonds is 4. The molecule has 0 saturated heterocycles. The molecule has 0 aliphatic heterocycles. The highest BCUT2D eigenvalue weighted by atomic mass is 16.3. The van der Waals surface area contributed by atoms with Crippen molar-refractivity contribution in [2.75, 3.05) is 0 Å². The average Bonchev–Trinajstić information content (AvgIpc) is 3.61. The van der Waals surface area contributed by atoms with Crippen LogP contribution in [-0.2, 0) is 12.8 Å². The summed E-state index contributed by atoms with van der Waals surface area (Å²) in [5, 5.41) is 7.02. The van der Waals surface area contributed by atoms with Gasteiger partial charge in [0.05, 0.1) is 0 Å². The molecule has 53 heavy (non-hydrogen) atoms. The minimum atomic E-state index is 0.585. The van der Waals surface area contributed by atoms with Crippen LogP contribution >= 0.6 is 0 Å². The van der Waals surface area contributed by atoms with E-state index in [1.54, 1.807) is 0 Å². The van der Waals surface area contributed by atoms with Crippen molar-refractivity contribution in [2.24, 2.45) is 0 Å². The molecular formula is C49H29N3O. The van der Waals surface area contributed by atoms with Gasteiger partial charge in [-0.15, -0.1) is 0 Å². The minimum Gasteiger partial charge on any atom is -0.456 e. The van der Waals surface area contributed by atoms with Crippen LogP contribution < -0.4 is 0 Å². The Kier molecular flexibility index (Phi) is 6.56. The summed E-state index contributed by atoms with van der Waals surface area (Å²) in [6.07, 6.45) is 1.94.